The van der Waals surface area contributed by atoms with Gasteiger partial charge in [0.05, 0.1) is 37.9 Å². The van der Waals surface area contributed by atoms with Crippen molar-refractivity contribution in [2.75, 3.05) is 33.9 Å². The van der Waals surface area contributed by atoms with Crippen LogP contribution in [0.1, 0.15) is 39.3 Å². The molecule has 1 saturated heterocycles. The van der Waals surface area contributed by atoms with Gasteiger partial charge in [-0.3, -0.25) is 0 Å². The van der Waals surface area contributed by atoms with E-state index >= 15 is 0 Å². The fourth-order valence-electron chi connectivity index (χ4n) is 4.47. The molecule has 4 rings (SSSR count). The topological polar surface area (TPSA) is 86.0 Å². The number of carbonyl (C=O) groups excluding carboxylic acids is 1. The minimum absolute atomic E-state index is 0.0587. The van der Waals surface area contributed by atoms with E-state index in [0.29, 0.717) is 25.9 Å². The third-order valence-electron chi connectivity index (χ3n) is 6.63. The maximum atomic E-state index is 12.6. The molecule has 0 bridgehead atoms. The van der Waals surface area contributed by atoms with Crippen LogP contribution in [0, 0.1) is 0 Å². The zero-order valence-corrected chi connectivity index (χ0v) is 21.7. The third kappa shape index (κ3) is 5.33. The smallest absolute Gasteiger partial charge is 0.410 e. The molecule has 1 amide bonds. The largest absolute Gasteiger partial charge is 0.497 e. The number of hydrogen-bond donors (Lipinski definition) is 1. The first kappa shape index (κ1) is 25.6. The molecule has 8 heteroatoms. The summed E-state index contributed by atoms with van der Waals surface area (Å²) in [4.78, 5) is 14.3. The number of aliphatic hydroxyl groups is 1. The molecule has 1 N–H and O–H groups in total. The predicted octanol–water partition coefficient (Wildman–Crippen LogP) is 4.82. The van der Waals surface area contributed by atoms with Crippen LogP contribution in [0.15, 0.2) is 54.6 Å². The number of likely N-dealkylation sites (tertiary alicyclic amines) is 1. The summed E-state index contributed by atoms with van der Waals surface area (Å²) in [6.45, 7) is 6.50. The van der Waals surface area contributed by atoms with Crippen LogP contribution in [0.2, 0.25) is 0 Å². The number of nitrogens with zero attached hydrogens (tertiary/aromatic N) is 3. The van der Waals surface area contributed by atoms with Gasteiger partial charge in [-0.15, -0.1) is 0 Å². The lowest BCUT2D eigenvalue weighted by atomic mass is 9.76. The normalized spacial score (nSPS) is 15.4. The van der Waals surface area contributed by atoms with Crippen LogP contribution in [0.25, 0.3) is 16.9 Å². The molecular weight excluding hydrogens is 458 g/mol. The number of aromatic nitrogens is 2. The standard InChI is InChI=1S/C28H35N3O5/c1-27(2,3)36-26(33)30-16-14-28(19-32,15-17-30)25-18-24(20-6-10-22(34-4)11-7-20)31(29-25)21-8-12-23(35-5)13-9-21/h6-13,18,32H,14-17,19H2,1-5H3. The Morgan fingerprint density at radius 1 is 0.972 bits per heavy atom. The van der Waals surface area contributed by atoms with Crippen molar-refractivity contribution in [1.82, 2.24) is 14.7 Å². The van der Waals surface area contributed by atoms with Crippen LogP contribution >= 0.6 is 0 Å². The summed E-state index contributed by atoms with van der Waals surface area (Å²) in [5.74, 6) is 1.54. The molecule has 0 aliphatic carbocycles. The molecule has 8 nitrogen and oxygen atoms in total. The number of benzene rings is 2. The van der Waals surface area contributed by atoms with Crippen LogP contribution in [0.5, 0.6) is 11.5 Å². The molecule has 36 heavy (non-hydrogen) atoms. The van der Waals surface area contributed by atoms with Gasteiger partial charge in [0.2, 0.25) is 0 Å². The van der Waals surface area contributed by atoms with Gasteiger partial charge in [0.25, 0.3) is 0 Å². The van der Waals surface area contributed by atoms with Crippen molar-refractivity contribution in [3.63, 3.8) is 0 Å². The number of carbonyl (C=O) groups is 1. The van der Waals surface area contributed by atoms with Crippen LogP contribution in [-0.4, -0.2) is 65.4 Å². The zero-order chi connectivity index (χ0) is 25.9. The van der Waals surface area contributed by atoms with Gasteiger partial charge in [0.15, 0.2) is 0 Å². The van der Waals surface area contributed by atoms with Gasteiger partial charge < -0.3 is 24.2 Å². The molecule has 1 fully saturated rings. The summed E-state index contributed by atoms with van der Waals surface area (Å²) in [6, 6.07) is 17.6. The Kier molecular flexibility index (Phi) is 7.26. The highest BCUT2D eigenvalue weighted by Crippen LogP contribution is 2.38. The van der Waals surface area contributed by atoms with Crippen LogP contribution in [0.3, 0.4) is 0 Å². The monoisotopic (exact) mass is 493 g/mol. The van der Waals surface area contributed by atoms with E-state index in [2.05, 4.69) is 0 Å². The average molecular weight is 494 g/mol. The number of aliphatic hydroxyl groups excluding tert-OH is 1. The maximum absolute atomic E-state index is 12.6. The molecule has 0 radical (unpaired) electrons. The lowest BCUT2D eigenvalue weighted by molar-refractivity contribution is 0.0119. The first-order chi connectivity index (χ1) is 17.2. The number of piperidine rings is 1. The summed E-state index contributed by atoms with van der Waals surface area (Å²) >= 11 is 0. The first-order valence-corrected chi connectivity index (χ1v) is 12.2. The van der Waals surface area contributed by atoms with Crippen LogP contribution < -0.4 is 9.47 Å². The highest BCUT2D eigenvalue weighted by molar-refractivity contribution is 5.68. The number of methoxy groups -OCH3 is 2. The van der Waals surface area contributed by atoms with Gasteiger partial charge in [-0.1, -0.05) is 0 Å². The average Bonchev–Trinajstić information content (AvgIpc) is 3.34. The van der Waals surface area contributed by atoms with Crippen molar-refractivity contribution in [2.24, 2.45) is 0 Å². The second kappa shape index (κ2) is 10.2. The van der Waals surface area contributed by atoms with Crippen molar-refractivity contribution in [3.05, 3.63) is 60.3 Å². The Bertz CT molecular complexity index is 1110. The molecule has 1 aromatic heterocycles. The summed E-state index contributed by atoms with van der Waals surface area (Å²) < 4.78 is 18.1. The van der Waals surface area contributed by atoms with Crippen molar-refractivity contribution in [1.29, 1.82) is 0 Å². The van der Waals surface area contributed by atoms with E-state index in [0.717, 1.165) is 34.1 Å². The summed E-state index contributed by atoms with van der Waals surface area (Å²) in [5, 5.41) is 15.6. The minimum Gasteiger partial charge on any atom is -0.497 e. The highest BCUT2D eigenvalue weighted by atomic mass is 16.6. The first-order valence-electron chi connectivity index (χ1n) is 12.2. The summed E-state index contributed by atoms with van der Waals surface area (Å²) in [7, 11) is 3.28. The Morgan fingerprint density at radius 2 is 1.53 bits per heavy atom. The Morgan fingerprint density at radius 3 is 2.03 bits per heavy atom. The molecule has 3 aromatic rings. The van der Waals surface area contributed by atoms with E-state index in [1.165, 1.54) is 0 Å². The molecule has 1 aliphatic rings. The summed E-state index contributed by atoms with van der Waals surface area (Å²) in [5.41, 5.74) is 2.46. The fourth-order valence-corrected chi connectivity index (χ4v) is 4.47. The second-order valence-electron chi connectivity index (χ2n) is 10.2. The van der Waals surface area contributed by atoms with Crippen molar-refractivity contribution >= 4 is 6.09 Å². The molecule has 0 saturated carbocycles. The van der Waals surface area contributed by atoms with Gasteiger partial charge in [-0.25, -0.2) is 9.48 Å². The highest BCUT2D eigenvalue weighted by Gasteiger charge is 2.40. The third-order valence-corrected chi connectivity index (χ3v) is 6.63. The molecule has 0 unspecified atom stereocenters. The SMILES string of the molecule is COc1ccc(-c2cc(C3(CO)CCN(C(=O)OC(C)(C)C)CC3)nn2-c2ccc(OC)cc2)cc1. The lowest BCUT2D eigenvalue weighted by Gasteiger charge is -2.40. The number of rotatable bonds is 6. The second-order valence-corrected chi connectivity index (χ2v) is 10.2. The number of ether oxygens (including phenoxy) is 3. The molecule has 2 aromatic carbocycles. The minimum atomic E-state index is -0.558. The van der Waals surface area contributed by atoms with Gasteiger partial charge in [0, 0.05) is 24.1 Å². The van der Waals surface area contributed by atoms with E-state index in [-0.39, 0.29) is 12.7 Å². The van der Waals surface area contributed by atoms with E-state index in [1.807, 2.05) is 80.1 Å². The maximum Gasteiger partial charge on any atom is 0.410 e. The molecule has 0 atom stereocenters. The van der Waals surface area contributed by atoms with E-state index in [1.54, 1.807) is 19.1 Å². The Hall–Kier alpha value is -3.52. The van der Waals surface area contributed by atoms with Crippen molar-refractivity contribution in [3.8, 4) is 28.4 Å². The molecular formula is C28H35N3O5. The number of hydrogen-bond acceptors (Lipinski definition) is 6. The molecule has 0 spiro atoms. The molecule has 192 valence electrons. The fraction of sp³-hybridized carbons (Fsp3) is 0.429. The van der Waals surface area contributed by atoms with E-state index in [9.17, 15) is 9.90 Å². The van der Waals surface area contributed by atoms with Crippen LogP contribution in [0.4, 0.5) is 4.79 Å². The predicted molar refractivity (Wildman–Crippen MR) is 138 cm³/mol. The molecule has 2 heterocycles. The number of amides is 1. The van der Waals surface area contributed by atoms with Gasteiger partial charge >= 0.3 is 6.09 Å². The van der Waals surface area contributed by atoms with Gasteiger partial charge in [-0.05, 0) is 88.2 Å². The van der Waals surface area contributed by atoms with E-state index in [4.69, 9.17) is 19.3 Å². The van der Waals surface area contributed by atoms with Gasteiger partial charge in [-0.2, -0.15) is 5.10 Å². The van der Waals surface area contributed by atoms with Gasteiger partial charge in [0.1, 0.15) is 17.1 Å². The van der Waals surface area contributed by atoms with Crippen LogP contribution in [-0.2, 0) is 10.2 Å². The van der Waals surface area contributed by atoms with Crippen molar-refractivity contribution in [2.45, 2.75) is 44.6 Å². The molecule has 1 aliphatic heterocycles. The summed E-state index contributed by atoms with van der Waals surface area (Å²) in [6.07, 6.45) is 0.853. The Balaban J connectivity index is 1.68. The lowest BCUT2D eigenvalue weighted by Crippen LogP contribution is -2.48. The van der Waals surface area contributed by atoms with E-state index < -0.39 is 11.0 Å². The zero-order valence-electron chi connectivity index (χ0n) is 21.7. The Labute approximate surface area is 212 Å². The van der Waals surface area contributed by atoms with Crippen molar-refractivity contribution < 1.29 is 24.1 Å². The quantitative estimate of drug-likeness (QED) is 0.530.